The van der Waals surface area contributed by atoms with Crippen LogP contribution in [-0.4, -0.2) is 88.5 Å². The lowest BCUT2D eigenvalue weighted by Gasteiger charge is -2.39. The molecule has 6 heterocycles. The number of rotatable bonds is 8. The van der Waals surface area contributed by atoms with Gasteiger partial charge in [-0.2, -0.15) is 0 Å². The van der Waals surface area contributed by atoms with Crippen LogP contribution >= 0.6 is 0 Å². The van der Waals surface area contributed by atoms with Crippen molar-refractivity contribution in [1.29, 1.82) is 0 Å². The van der Waals surface area contributed by atoms with E-state index in [1.165, 1.54) is 61.2 Å². The lowest BCUT2D eigenvalue weighted by Crippen LogP contribution is -3.00. The highest BCUT2D eigenvalue weighted by molar-refractivity contribution is 7.79. The first-order valence-electron chi connectivity index (χ1n) is 23.0. The Balaban J connectivity index is 0.000000167. The third kappa shape index (κ3) is 9.10. The number of quaternary nitrogens is 1. The van der Waals surface area contributed by atoms with Gasteiger partial charge in [-0.25, -0.2) is 4.57 Å². The van der Waals surface area contributed by atoms with Gasteiger partial charge in [0.15, 0.2) is 17.6 Å². The molecule has 0 aliphatic carbocycles. The van der Waals surface area contributed by atoms with E-state index in [2.05, 4.69) is 227 Å². The molecule has 0 amide bonds. The van der Waals surface area contributed by atoms with Crippen LogP contribution in [0.4, 0.5) is 22.7 Å². The van der Waals surface area contributed by atoms with Crippen LogP contribution in [0.5, 0.6) is 0 Å². The molecule has 68 heavy (non-hydrogen) atoms. The fourth-order valence-electron chi connectivity index (χ4n) is 10.2. The van der Waals surface area contributed by atoms with E-state index in [1.807, 2.05) is 18.3 Å². The summed E-state index contributed by atoms with van der Waals surface area (Å²) in [6, 6.07) is 43.4. The largest absolute Gasteiger partial charge is 0.759 e. The van der Waals surface area contributed by atoms with Gasteiger partial charge in [0.1, 0.15) is 12.7 Å². The van der Waals surface area contributed by atoms with E-state index in [4.69, 9.17) is 27.0 Å². The summed E-state index contributed by atoms with van der Waals surface area (Å²) in [6.45, 7) is 12.5. The maximum atomic E-state index is 8.52. The van der Waals surface area contributed by atoms with Crippen molar-refractivity contribution in [2.24, 2.45) is 7.05 Å². The third-order valence-corrected chi connectivity index (χ3v) is 14.0. The van der Waals surface area contributed by atoms with Crippen LogP contribution in [0.1, 0.15) is 49.9 Å². The quantitative estimate of drug-likeness (QED) is 0.0931. The summed E-state index contributed by atoms with van der Waals surface area (Å²) in [5, 5.41) is 0. The van der Waals surface area contributed by atoms with Crippen molar-refractivity contribution in [3.8, 4) is 22.5 Å². The monoisotopic (exact) mass is 934 g/mol. The summed E-state index contributed by atoms with van der Waals surface area (Å²) in [7, 11) is 5.35. The highest BCUT2D eigenvalue weighted by Crippen LogP contribution is 2.57. The zero-order chi connectivity index (χ0) is 48.6. The first kappa shape index (κ1) is 48.3. The minimum Gasteiger partial charge on any atom is -0.759 e. The predicted octanol–water partition coefficient (Wildman–Crippen LogP) is 7.51. The van der Waals surface area contributed by atoms with E-state index in [0.717, 1.165) is 37.6 Å². The van der Waals surface area contributed by atoms with Crippen molar-refractivity contribution in [3.05, 3.63) is 168 Å². The molecule has 13 heteroatoms. The van der Waals surface area contributed by atoms with Crippen molar-refractivity contribution in [3.63, 3.8) is 0 Å². The minimum absolute atomic E-state index is 0.188. The van der Waals surface area contributed by atoms with Crippen molar-refractivity contribution in [2.45, 2.75) is 50.0 Å². The molecule has 2 unspecified atom stereocenters. The van der Waals surface area contributed by atoms with Crippen molar-refractivity contribution in [2.75, 3.05) is 69.2 Å². The summed E-state index contributed by atoms with van der Waals surface area (Å²) >= 11 is 0. The molecular weight excluding hydrogens is 873 g/mol. The summed E-state index contributed by atoms with van der Waals surface area (Å²) in [5.74, 6) is 0. The van der Waals surface area contributed by atoms with E-state index < -0.39 is 21.8 Å². The lowest BCUT2D eigenvalue weighted by atomic mass is 9.76. The van der Waals surface area contributed by atoms with Gasteiger partial charge in [-0.15, -0.1) is 0 Å². The zero-order valence-corrected chi connectivity index (χ0v) is 41.2. The highest BCUT2D eigenvalue weighted by Gasteiger charge is 2.60. The Morgan fingerprint density at radius 2 is 1.19 bits per heavy atom. The van der Waals surface area contributed by atoms with Crippen molar-refractivity contribution < 1.29 is 36.5 Å². The molecule has 2 aromatic heterocycles. The summed E-state index contributed by atoms with van der Waals surface area (Å²) in [5.41, 5.74) is 13.3. The summed E-state index contributed by atoms with van der Waals surface area (Å²) < 4.78 is 49.3. The molecule has 12 nitrogen and oxygen atoms in total. The average Bonchev–Trinajstić information content (AvgIpc) is 4.04. The van der Waals surface area contributed by atoms with E-state index >= 15 is 0 Å². The van der Waals surface area contributed by atoms with Gasteiger partial charge in [-0.3, -0.25) is 13.4 Å². The van der Waals surface area contributed by atoms with Gasteiger partial charge in [0, 0.05) is 94.9 Å². The molecule has 0 radical (unpaired) electrons. The topological polar surface area (TPSA) is 130 Å². The SMILES string of the molecule is CN(C)c1ccc(C=CC23OCCN2c2ccc(-c4ccccn4)cc2C3(C)C)cc1.C[n+]1ccccc1-c1ccc2c(c1)C(C)(C)C1(C=Cc3ccc([NH+](C)C)cc3)OCCN21.O=S(=O)([O-])[O-]. The number of benzene rings is 4. The molecule has 0 bridgehead atoms. The van der Waals surface area contributed by atoms with E-state index in [0.29, 0.717) is 0 Å². The Bertz CT molecular complexity index is 2930. The maximum absolute atomic E-state index is 8.52. The number of aryl methyl sites for hydroxylation is 1. The number of nitrogens with one attached hydrogen (secondary N) is 1. The fraction of sp³-hybridized carbons (Fsp3) is 0.309. The number of aromatic nitrogens is 2. The Kier molecular flexibility index (Phi) is 13.3. The minimum atomic E-state index is -5.17. The maximum Gasteiger partial charge on any atom is 0.212 e. The van der Waals surface area contributed by atoms with E-state index in [9.17, 15) is 0 Å². The van der Waals surface area contributed by atoms with E-state index in [1.54, 1.807) is 0 Å². The number of anilines is 3. The Labute approximate surface area is 402 Å². The van der Waals surface area contributed by atoms with Crippen molar-refractivity contribution >= 4 is 45.3 Å². The molecule has 0 saturated carbocycles. The molecule has 354 valence electrons. The second-order valence-electron chi connectivity index (χ2n) is 19.2. The third-order valence-electron chi connectivity index (χ3n) is 14.0. The zero-order valence-electron chi connectivity index (χ0n) is 40.4. The molecule has 4 aromatic carbocycles. The van der Waals surface area contributed by atoms with Gasteiger partial charge < -0.3 is 38.2 Å². The van der Waals surface area contributed by atoms with Crippen LogP contribution < -0.4 is 24.2 Å². The second-order valence-corrected chi connectivity index (χ2v) is 20.0. The molecular formula is C55H62N6O6S. The van der Waals surface area contributed by atoms with Crippen LogP contribution in [0.15, 0.2) is 146 Å². The van der Waals surface area contributed by atoms with E-state index in [-0.39, 0.29) is 10.8 Å². The molecule has 1 N–H and O–H groups in total. The number of pyridine rings is 2. The van der Waals surface area contributed by atoms with Crippen LogP contribution in [0.2, 0.25) is 0 Å². The molecule has 0 spiro atoms. The fourth-order valence-corrected chi connectivity index (χ4v) is 10.2. The Morgan fingerprint density at radius 3 is 1.68 bits per heavy atom. The molecule has 2 fully saturated rings. The Hall–Kier alpha value is -6.19. The molecule has 4 aliphatic rings. The smallest absolute Gasteiger partial charge is 0.212 e. The van der Waals surface area contributed by atoms with Gasteiger partial charge in [-0.1, -0.05) is 64.1 Å². The highest BCUT2D eigenvalue weighted by atomic mass is 32.3. The Morgan fingerprint density at radius 1 is 0.691 bits per heavy atom. The molecule has 4 aliphatic heterocycles. The second kappa shape index (κ2) is 18.7. The first-order chi connectivity index (χ1) is 32.3. The van der Waals surface area contributed by atoms with Gasteiger partial charge in [0.25, 0.3) is 0 Å². The van der Waals surface area contributed by atoms with Gasteiger partial charge in [0.2, 0.25) is 5.69 Å². The number of ether oxygens (including phenoxy) is 2. The first-order valence-corrected chi connectivity index (χ1v) is 24.3. The normalized spacial score (nSPS) is 20.6. The number of fused-ring (bicyclic) bond motifs is 6. The van der Waals surface area contributed by atoms with Crippen LogP contribution in [0.3, 0.4) is 0 Å². The van der Waals surface area contributed by atoms with Gasteiger partial charge in [-0.05, 0) is 119 Å². The average molecular weight is 935 g/mol. The molecule has 2 saturated heterocycles. The molecule has 10 rings (SSSR count). The molecule has 6 aromatic rings. The lowest BCUT2D eigenvalue weighted by molar-refractivity contribution is -0.786. The standard InChI is InChI=1S/C28H32N3O.C27H29N3O.H2O4S/c1-27(2)24-20-22(25-8-6-7-17-30(25)5)11-14-26(24)31-18-19-32-28(27,31)16-15-21-9-12-23(13-10-21)29(3)4;1-26(2)23-19-21(24-7-5-6-16-28-24)10-13-25(23)30-17-18-31-27(26,30)15-14-20-8-11-22(12-9-20)29(3)4;1-5(2,3)4/h6-17,20H,18-19H2,1-5H3;5-16,19H,17-18H2,1-4H3;(H2,1,2,3,4)/q+1;;/p-1. The summed E-state index contributed by atoms with van der Waals surface area (Å²) in [4.78, 5) is 12.9. The van der Waals surface area contributed by atoms with Gasteiger partial charge >= 0.3 is 0 Å². The summed E-state index contributed by atoms with van der Waals surface area (Å²) in [6.07, 6.45) is 12.9. The molecule has 2 atom stereocenters. The predicted molar refractivity (Wildman–Crippen MR) is 269 cm³/mol. The van der Waals surface area contributed by atoms with Crippen LogP contribution in [-0.2, 0) is 37.8 Å². The van der Waals surface area contributed by atoms with Crippen LogP contribution in [0, 0.1) is 0 Å². The van der Waals surface area contributed by atoms with Crippen LogP contribution in [0.25, 0.3) is 34.7 Å². The van der Waals surface area contributed by atoms with Crippen molar-refractivity contribution in [1.82, 2.24) is 4.98 Å². The number of hydrogen-bond acceptors (Lipinski definition) is 10. The number of hydrogen-bond donors (Lipinski definition) is 1. The number of nitrogens with zero attached hydrogens (tertiary/aromatic N) is 5. The van der Waals surface area contributed by atoms with Gasteiger partial charge in [0.05, 0.1) is 33.0 Å².